The molecule has 0 unspecified atom stereocenters. The summed E-state index contributed by atoms with van der Waals surface area (Å²) in [6, 6.07) is 22.7. The zero-order valence-corrected chi connectivity index (χ0v) is 19.2. The van der Waals surface area contributed by atoms with Crippen LogP contribution in [0.15, 0.2) is 82.0 Å². The van der Waals surface area contributed by atoms with E-state index in [1.807, 2.05) is 65.6 Å². The van der Waals surface area contributed by atoms with Gasteiger partial charge in [-0.25, -0.2) is 0 Å². The first kappa shape index (κ1) is 22.2. The number of alkyl halides is 1. The standard InChI is InChI=1S/C27H23ClN2O4/c28-17-25(32)29-23-10-9-19(15-22(23)18-5-2-1-3-6-18)20-7-4-8-21-24(31)16-26(34-27(20)21)30-11-13-33-14-12-30/h1-10,15-16H,11-14,17H2,(H,29,32). The molecule has 34 heavy (non-hydrogen) atoms. The van der Waals surface area contributed by atoms with Gasteiger partial charge in [0.15, 0.2) is 11.3 Å². The first-order valence-corrected chi connectivity index (χ1v) is 11.6. The number of carbonyl (C=O) groups is 1. The van der Waals surface area contributed by atoms with Crippen molar-refractivity contribution in [1.82, 2.24) is 0 Å². The summed E-state index contributed by atoms with van der Waals surface area (Å²) in [5, 5.41) is 3.40. The van der Waals surface area contributed by atoms with Gasteiger partial charge in [-0.2, -0.15) is 0 Å². The van der Waals surface area contributed by atoms with Crippen molar-refractivity contribution in [2.75, 3.05) is 42.4 Å². The molecule has 1 N–H and O–H groups in total. The number of rotatable bonds is 5. The van der Waals surface area contributed by atoms with Crippen molar-refractivity contribution in [3.8, 4) is 22.3 Å². The third kappa shape index (κ3) is 4.42. The minimum atomic E-state index is -0.280. The molecule has 6 nitrogen and oxygen atoms in total. The van der Waals surface area contributed by atoms with E-state index in [1.165, 1.54) is 0 Å². The van der Waals surface area contributed by atoms with Crippen molar-refractivity contribution in [3.05, 3.63) is 83.0 Å². The summed E-state index contributed by atoms with van der Waals surface area (Å²) in [6.07, 6.45) is 0. The number of carbonyl (C=O) groups excluding carboxylic acids is 1. The molecule has 0 bridgehead atoms. The number of benzene rings is 3. The summed E-state index contributed by atoms with van der Waals surface area (Å²) in [5.74, 6) is 0.134. The van der Waals surface area contributed by atoms with Crippen LogP contribution in [-0.2, 0) is 9.53 Å². The molecule has 1 amide bonds. The third-order valence-corrected chi connectivity index (χ3v) is 6.12. The number of ether oxygens (including phenoxy) is 1. The number of hydrogen-bond acceptors (Lipinski definition) is 5. The van der Waals surface area contributed by atoms with Gasteiger partial charge in [-0.3, -0.25) is 9.59 Å². The topological polar surface area (TPSA) is 71.8 Å². The molecule has 0 spiro atoms. The fourth-order valence-corrected chi connectivity index (χ4v) is 4.26. The maximum Gasteiger partial charge on any atom is 0.239 e. The zero-order valence-electron chi connectivity index (χ0n) is 18.4. The van der Waals surface area contributed by atoms with E-state index < -0.39 is 0 Å². The van der Waals surface area contributed by atoms with Crippen molar-refractivity contribution < 1.29 is 13.9 Å². The van der Waals surface area contributed by atoms with Crippen molar-refractivity contribution in [1.29, 1.82) is 0 Å². The Bertz CT molecular complexity index is 1400. The van der Waals surface area contributed by atoms with Crippen molar-refractivity contribution in [2.24, 2.45) is 0 Å². The van der Waals surface area contributed by atoms with E-state index in [9.17, 15) is 9.59 Å². The largest absolute Gasteiger partial charge is 0.440 e. The molecule has 1 aliphatic rings. The van der Waals surface area contributed by atoms with Crippen LogP contribution >= 0.6 is 11.6 Å². The minimum absolute atomic E-state index is 0.0844. The van der Waals surface area contributed by atoms with Crippen LogP contribution < -0.4 is 15.6 Å². The lowest BCUT2D eigenvalue weighted by atomic mass is 9.96. The molecule has 1 fully saturated rings. The second-order valence-corrected chi connectivity index (χ2v) is 8.31. The lowest BCUT2D eigenvalue weighted by molar-refractivity contribution is -0.113. The van der Waals surface area contributed by atoms with Gasteiger partial charge in [0.25, 0.3) is 0 Å². The second-order valence-electron chi connectivity index (χ2n) is 8.04. The lowest BCUT2D eigenvalue weighted by Gasteiger charge is -2.27. The highest BCUT2D eigenvalue weighted by Crippen LogP contribution is 2.36. The van der Waals surface area contributed by atoms with Crippen LogP contribution in [0.2, 0.25) is 0 Å². The normalized spacial score (nSPS) is 13.7. The Balaban J connectivity index is 1.66. The Morgan fingerprint density at radius 2 is 1.71 bits per heavy atom. The fourth-order valence-electron chi connectivity index (χ4n) is 4.19. The average Bonchev–Trinajstić information content (AvgIpc) is 2.89. The first-order chi connectivity index (χ1) is 16.6. The Labute approximate surface area is 201 Å². The Morgan fingerprint density at radius 3 is 2.47 bits per heavy atom. The Hall–Kier alpha value is -3.61. The van der Waals surface area contributed by atoms with Crippen molar-refractivity contribution in [3.63, 3.8) is 0 Å². The molecule has 0 atom stereocenters. The summed E-state index contributed by atoms with van der Waals surface area (Å²) < 4.78 is 11.7. The number of hydrogen-bond donors (Lipinski definition) is 1. The SMILES string of the molecule is O=C(CCl)Nc1ccc(-c2cccc3c(=O)cc(N4CCOCC4)oc23)cc1-c1ccccc1. The fraction of sp³-hybridized carbons (Fsp3) is 0.185. The van der Waals surface area contributed by atoms with Crippen LogP contribution in [0, 0.1) is 0 Å². The zero-order chi connectivity index (χ0) is 23.5. The molecule has 0 radical (unpaired) electrons. The van der Waals surface area contributed by atoms with Crippen LogP contribution in [0.5, 0.6) is 0 Å². The Kier molecular flexibility index (Phi) is 6.34. The quantitative estimate of drug-likeness (QED) is 0.405. The van der Waals surface area contributed by atoms with E-state index >= 15 is 0 Å². The van der Waals surface area contributed by atoms with Gasteiger partial charge in [0, 0.05) is 36.0 Å². The second kappa shape index (κ2) is 9.71. The highest BCUT2D eigenvalue weighted by molar-refractivity contribution is 6.29. The first-order valence-electron chi connectivity index (χ1n) is 11.1. The smallest absolute Gasteiger partial charge is 0.239 e. The van der Waals surface area contributed by atoms with Gasteiger partial charge in [-0.05, 0) is 29.3 Å². The van der Waals surface area contributed by atoms with Crippen LogP contribution in [0.3, 0.4) is 0 Å². The maximum absolute atomic E-state index is 12.9. The predicted molar refractivity (Wildman–Crippen MR) is 136 cm³/mol. The van der Waals surface area contributed by atoms with E-state index in [0.717, 1.165) is 22.3 Å². The number of anilines is 2. The minimum Gasteiger partial charge on any atom is -0.440 e. The molecule has 7 heteroatoms. The molecule has 172 valence electrons. The number of morpholine rings is 1. The van der Waals surface area contributed by atoms with Crippen LogP contribution in [0.4, 0.5) is 11.6 Å². The summed E-state index contributed by atoms with van der Waals surface area (Å²) in [5.41, 5.74) is 4.58. The molecule has 1 aliphatic heterocycles. The number of amides is 1. The molecule has 0 saturated carbocycles. The summed E-state index contributed by atoms with van der Waals surface area (Å²) in [7, 11) is 0. The molecular weight excluding hydrogens is 452 g/mol. The summed E-state index contributed by atoms with van der Waals surface area (Å²) in [6.45, 7) is 2.53. The van der Waals surface area contributed by atoms with E-state index in [0.29, 0.717) is 48.8 Å². The summed E-state index contributed by atoms with van der Waals surface area (Å²) in [4.78, 5) is 27.0. The highest BCUT2D eigenvalue weighted by atomic mass is 35.5. The third-order valence-electron chi connectivity index (χ3n) is 5.88. The van der Waals surface area contributed by atoms with Gasteiger partial charge in [-0.1, -0.05) is 48.5 Å². The van der Waals surface area contributed by atoms with Gasteiger partial charge in [0.05, 0.1) is 18.6 Å². The van der Waals surface area contributed by atoms with Gasteiger partial charge < -0.3 is 19.4 Å². The van der Waals surface area contributed by atoms with E-state index in [2.05, 4.69) is 5.32 Å². The number of fused-ring (bicyclic) bond motifs is 1. The van der Waals surface area contributed by atoms with Crippen molar-refractivity contribution >= 4 is 40.0 Å². The van der Waals surface area contributed by atoms with Gasteiger partial charge in [0.2, 0.25) is 5.91 Å². The molecule has 1 saturated heterocycles. The highest BCUT2D eigenvalue weighted by Gasteiger charge is 2.18. The number of nitrogens with one attached hydrogen (secondary N) is 1. The van der Waals surface area contributed by atoms with Gasteiger partial charge >= 0.3 is 0 Å². The van der Waals surface area contributed by atoms with Crippen LogP contribution in [0.25, 0.3) is 33.2 Å². The van der Waals surface area contributed by atoms with Gasteiger partial charge in [0.1, 0.15) is 11.5 Å². The molecule has 4 aromatic rings. The average molecular weight is 475 g/mol. The number of nitrogens with zero attached hydrogens (tertiary/aromatic N) is 1. The van der Waals surface area contributed by atoms with Crippen LogP contribution in [-0.4, -0.2) is 38.1 Å². The van der Waals surface area contributed by atoms with E-state index in [1.54, 1.807) is 12.1 Å². The lowest BCUT2D eigenvalue weighted by Crippen LogP contribution is -2.36. The number of para-hydroxylation sites is 1. The molecule has 2 heterocycles. The Morgan fingerprint density at radius 1 is 0.912 bits per heavy atom. The molecule has 5 rings (SSSR count). The predicted octanol–water partition coefficient (Wildman–Crippen LogP) is 5.14. The molecular formula is C27H23ClN2O4. The summed E-state index contributed by atoms with van der Waals surface area (Å²) >= 11 is 5.72. The number of halogens is 1. The van der Waals surface area contributed by atoms with E-state index in [-0.39, 0.29) is 17.2 Å². The van der Waals surface area contributed by atoms with Gasteiger partial charge in [-0.15, -0.1) is 11.6 Å². The molecule has 0 aliphatic carbocycles. The maximum atomic E-state index is 12.9. The van der Waals surface area contributed by atoms with E-state index in [4.69, 9.17) is 20.8 Å². The molecule has 1 aromatic heterocycles. The molecule has 3 aromatic carbocycles. The van der Waals surface area contributed by atoms with Crippen molar-refractivity contribution in [2.45, 2.75) is 0 Å². The monoisotopic (exact) mass is 474 g/mol. The van der Waals surface area contributed by atoms with Crippen LogP contribution in [0.1, 0.15) is 0 Å².